The first-order chi connectivity index (χ1) is 7.29. The fourth-order valence-electron chi connectivity index (χ4n) is 0.974. The van der Waals surface area contributed by atoms with Gasteiger partial charge in [-0.15, -0.1) is 0 Å². The van der Waals surface area contributed by atoms with E-state index in [0.717, 1.165) is 0 Å². The monoisotopic (exact) mass is 237 g/mol. The lowest BCUT2D eigenvalue weighted by molar-refractivity contribution is -0.384. The maximum absolute atomic E-state index is 10.5. The predicted molar refractivity (Wildman–Crippen MR) is 64.4 cm³/mol. The van der Waals surface area contributed by atoms with Gasteiger partial charge in [-0.2, -0.15) is 0 Å². The summed E-state index contributed by atoms with van der Waals surface area (Å²) in [7, 11) is 0. The van der Waals surface area contributed by atoms with Gasteiger partial charge < -0.3 is 0 Å². The van der Waals surface area contributed by atoms with E-state index in [1.807, 2.05) is 20.8 Å². The molecule has 0 saturated heterocycles. The second kappa shape index (κ2) is 4.54. The molecule has 0 heterocycles. The molecule has 0 N–H and O–H groups in total. The van der Waals surface area contributed by atoms with Crippen molar-refractivity contribution >= 4 is 17.3 Å². The number of nitro benzene ring substituents is 1. The number of hydrogen-bond donors (Lipinski definition) is 0. The van der Waals surface area contributed by atoms with E-state index in [1.54, 1.807) is 6.07 Å². The summed E-state index contributed by atoms with van der Waals surface area (Å²) >= 11 is 5.90. The first-order valence-corrected chi connectivity index (χ1v) is 5.14. The van der Waals surface area contributed by atoms with Crippen molar-refractivity contribution in [3.05, 3.63) is 38.9 Å². The zero-order valence-electron chi connectivity index (χ0n) is 9.37. The van der Waals surface area contributed by atoms with Crippen LogP contribution in [-0.4, -0.2) is 4.92 Å². The number of nitro groups is 1. The van der Waals surface area contributed by atoms with Crippen LogP contribution in [-0.2, 0) is 0 Å². The minimum absolute atomic E-state index is 0.0219. The Morgan fingerprint density at radius 3 is 2.44 bits per heavy atom. The van der Waals surface area contributed by atoms with Crippen LogP contribution in [0.1, 0.15) is 26.3 Å². The van der Waals surface area contributed by atoms with Crippen molar-refractivity contribution in [1.82, 2.24) is 0 Å². The minimum Gasteiger partial charge on any atom is -0.258 e. The summed E-state index contributed by atoms with van der Waals surface area (Å²) in [5, 5.41) is 10.8. The molecule has 1 aromatic carbocycles. The Bertz CT molecular complexity index is 478. The summed E-state index contributed by atoms with van der Waals surface area (Å²) in [5.74, 6) is 5.94. The van der Waals surface area contributed by atoms with Gasteiger partial charge >= 0.3 is 0 Å². The summed E-state index contributed by atoms with van der Waals surface area (Å²) in [6.07, 6.45) is 0. The van der Waals surface area contributed by atoms with E-state index in [2.05, 4.69) is 11.8 Å². The number of nitrogens with zero attached hydrogens (tertiary/aromatic N) is 1. The van der Waals surface area contributed by atoms with Gasteiger partial charge in [0.05, 0.1) is 9.95 Å². The van der Waals surface area contributed by atoms with Crippen LogP contribution in [0.5, 0.6) is 0 Å². The van der Waals surface area contributed by atoms with Gasteiger partial charge in [-0.1, -0.05) is 23.4 Å². The zero-order chi connectivity index (χ0) is 12.3. The highest BCUT2D eigenvalue weighted by molar-refractivity contribution is 6.32. The first-order valence-electron chi connectivity index (χ1n) is 4.77. The molecule has 0 bridgehead atoms. The van der Waals surface area contributed by atoms with Crippen LogP contribution < -0.4 is 0 Å². The van der Waals surface area contributed by atoms with E-state index in [0.29, 0.717) is 10.6 Å². The second-order valence-electron chi connectivity index (χ2n) is 4.42. The highest BCUT2D eigenvalue weighted by Gasteiger charge is 2.09. The van der Waals surface area contributed by atoms with E-state index in [-0.39, 0.29) is 11.1 Å². The number of halogens is 1. The number of benzene rings is 1. The van der Waals surface area contributed by atoms with E-state index >= 15 is 0 Å². The van der Waals surface area contributed by atoms with Gasteiger partial charge in [-0.05, 0) is 26.8 Å². The van der Waals surface area contributed by atoms with Crippen molar-refractivity contribution in [2.75, 3.05) is 0 Å². The topological polar surface area (TPSA) is 43.1 Å². The SMILES string of the molecule is CC(C)(C)C#Cc1ccc([N+](=O)[O-])cc1Cl. The third-order valence-corrected chi connectivity index (χ3v) is 2.05. The molecule has 0 fully saturated rings. The van der Waals surface area contributed by atoms with Gasteiger partial charge in [-0.25, -0.2) is 0 Å². The maximum Gasteiger partial charge on any atom is 0.271 e. The lowest BCUT2D eigenvalue weighted by Gasteiger charge is -2.07. The molecule has 0 aliphatic carbocycles. The van der Waals surface area contributed by atoms with Gasteiger partial charge in [-0.3, -0.25) is 10.1 Å². The molecule has 84 valence electrons. The Morgan fingerprint density at radius 2 is 2.00 bits per heavy atom. The van der Waals surface area contributed by atoms with Crippen molar-refractivity contribution < 1.29 is 4.92 Å². The van der Waals surface area contributed by atoms with Crippen LogP contribution in [0.4, 0.5) is 5.69 Å². The van der Waals surface area contributed by atoms with Crippen molar-refractivity contribution in [2.24, 2.45) is 5.41 Å². The number of non-ortho nitro benzene ring substituents is 1. The molecule has 0 unspecified atom stereocenters. The molecule has 1 rings (SSSR count). The zero-order valence-corrected chi connectivity index (χ0v) is 10.1. The first kappa shape index (κ1) is 12.5. The quantitative estimate of drug-likeness (QED) is 0.425. The number of hydrogen-bond acceptors (Lipinski definition) is 2. The van der Waals surface area contributed by atoms with E-state index in [9.17, 15) is 10.1 Å². The molecular formula is C12H12ClNO2. The normalized spacial score (nSPS) is 10.5. The highest BCUT2D eigenvalue weighted by Crippen LogP contribution is 2.22. The molecular weight excluding hydrogens is 226 g/mol. The summed E-state index contributed by atoms with van der Waals surface area (Å²) in [4.78, 5) is 10.0. The smallest absolute Gasteiger partial charge is 0.258 e. The second-order valence-corrected chi connectivity index (χ2v) is 4.83. The Morgan fingerprint density at radius 1 is 1.38 bits per heavy atom. The van der Waals surface area contributed by atoms with Crippen LogP contribution in [0.15, 0.2) is 18.2 Å². The van der Waals surface area contributed by atoms with E-state index in [1.165, 1.54) is 12.1 Å². The van der Waals surface area contributed by atoms with Crippen LogP contribution in [0.3, 0.4) is 0 Å². The van der Waals surface area contributed by atoms with Crippen LogP contribution in [0.25, 0.3) is 0 Å². The molecule has 0 amide bonds. The maximum atomic E-state index is 10.5. The molecule has 0 atom stereocenters. The molecule has 1 aromatic rings. The van der Waals surface area contributed by atoms with Crippen molar-refractivity contribution in [3.63, 3.8) is 0 Å². The average molecular weight is 238 g/mol. The lowest BCUT2D eigenvalue weighted by Crippen LogP contribution is -1.99. The predicted octanol–water partition coefficient (Wildman–Crippen LogP) is 3.65. The molecule has 3 nitrogen and oxygen atoms in total. The summed E-state index contributed by atoms with van der Waals surface area (Å²) < 4.78 is 0. The van der Waals surface area contributed by atoms with Crippen molar-refractivity contribution in [3.8, 4) is 11.8 Å². The standard InChI is InChI=1S/C12H12ClNO2/c1-12(2,3)7-6-9-4-5-10(14(15)16)8-11(9)13/h4-5,8H,1-3H3. The summed E-state index contributed by atoms with van der Waals surface area (Å²) in [6, 6.07) is 4.28. The van der Waals surface area contributed by atoms with Gasteiger partial charge in [0.2, 0.25) is 0 Å². The average Bonchev–Trinajstić information content (AvgIpc) is 2.14. The highest BCUT2D eigenvalue weighted by atomic mass is 35.5. The molecule has 0 spiro atoms. The summed E-state index contributed by atoms with van der Waals surface area (Å²) in [5.41, 5.74) is 0.471. The van der Waals surface area contributed by atoms with E-state index in [4.69, 9.17) is 11.6 Å². The molecule has 0 saturated carbocycles. The fourth-order valence-corrected chi connectivity index (χ4v) is 1.20. The summed E-state index contributed by atoms with van der Waals surface area (Å²) in [6.45, 7) is 5.96. The van der Waals surface area contributed by atoms with Gasteiger partial charge in [0.1, 0.15) is 0 Å². The van der Waals surface area contributed by atoms with Gasteiger partial charge in [0, 0.05) is 23.1 Å². The Kier molecular flexibility index (Phi) is 3.56. The number of rotatable bonds is 1. The minimum atomic E-state index is -0.479. The van der Waals surface area contributed by atoms with Gasteiger partial charge in [0.15, 0.2) is 0 Å². The largest absolute Gasteiger partial charge is 0.271 e. The molecule has 0 aromatic heterocycles. The van der Waals surface area contributed by atoms with Crippen molar-refractivity contribution in [1.29, 1.82) is 0 Å². The van der Waals surface area contributed by atoms with Gasteiger partial charge in [0.25, 0.3) is 5.69 Å². The molecule has 0 radical (unpaired) electrons. The molecule has 0 aliphatic rings. The fraction of sp³-hybridized carbons (Fsp3) is 0.333. The Labute approximate surface area is 99.6 Å². The Hall–Kier alpha value is -1.53. The molecule has 4 heteroatoms. The third kappa shape index (κ3) is 3.56. The van der Waals surface area contributed by atoms with Crippen molar-refractivity contribution in [2.45, 2.75) is 20.8 Å². The Balaban J connectivity index is 3.08. The van der Waals surface area contributed by atoms with Crippen LogP contribution in [0, 0.1) is 27.4 Å². The van der Waals surface area contributed by atoms with Crippen LogP contribution >= 0.6 is 11.6 Å². The molecule has 16 heavy (non-hydrogen) atoms. The third-order valence-electron chi connectivity index (χ3n) is 1.74. The van der Waals surface area contributed by atoms with Crippen LogP contribution in [0.2, 0.25) is 5.02 Å². The lowest BCUT2D eigenvalue weighted by atomic mass is 9.97. The van der Waals surface area contributed by atoms with E-state index < -0.39 is 4.92 Å². The molecule has 0 aliphatic heterocycles.